The highest BCUT2D eigenvalue weighted by Gasteiger charge is 2.26. The van der Waals surface area contributed by atoms with Crippen LogP contribution in [0.15, 0.2) is 18.2 Å². The van der Waals surface area contributed by atoms with E-state index in [-0.39, 0.29) is 23.1 Å². The van der Waals surface area contributed by atoms with Gasteiger partial charge in [0.2, 0.25) is 0 Å². The third-order valence-corrected chi connectivity index (χ3v) is 3.98. The van der Waals surface area contributed by atoms with Gasteiger partial charge >= 0.3 is 0 Å². The minimum Gasteiger partial charge on any atom is -0.490 e. The lowest BCUT2D eigenvalue weighted by molar-refractivity contribution is -0.385. The van der Waals surface area contributed by atoms with E-state index in [4.69, 9.17) is 4.74 Å². The van der Waals surface area contributed by atoms with Gasteiger partial charge in [-0.3, -0.25) is 14.9 Å². The average molecular weight is 291 g/mol. The Morgan fingerprint density at radius 2 is 1.86 bits per heavy atom. The number of carbonyl (C=O) groups excluding carboxylic acids is 1. The van der Waals surface area contributed by atoms with Gasteiger partial charge in [0.05, 0.1) is 16.6 Å². The van der Waals surface area contributed by atoms with E-state index in [2.05, 4.69) is 13.8 Å². The lowest BCUT2D eigenvalue weighted by Crippen LogP contribution is -2.28. The minimum absolute atomic E-state index is 0.106. The predicted molar refractivity (Wildman–Crippen MR) is 79.7 cm³/mol. The van der Waals surface area contributed by atoms with Gasteiger partial charge in [0.25, 0.3) is 5.69 Å². The van der Waals surface area contributed by atoms with Crippen molar-refractivity contribution < 1.29 is 14.5 Å². The van der Waals surface area contributed by atoms with E-state index >= 15 is 0 Å². The van der Waals surface area contributed by atoms with Crippen LogP contribution in [0.3, 0.4) is 0 Å². The van der Waals surface area contributed by atoms with Crippen LogP contribution in [-0.2, 0) is 0 Å². The van der Waals surface area contributed by atoms with Crippen molar-refractivity contribution in [1.82, 2.24) is 0 Å². The molecule has 0 saturated heterocycles. The van der Waals surface area contributed by atoms with Crippen molar-refractivity contribution in [2.75, 3.05) is 0 Å². The number of hydrogen-bond donors (Lipinski definition) is 0. The molecule has 0 amide bonds. The second-order valence-corrected chi connectivity index (χ2v) is 6.15. The minimum atomic E-state index is -0.536. The molecule has 2 atom stereocenters. The topological polar surface area (TPSA) is 69.4 Å². The molecule has 1 aromatic carbocycles. The zero-order valence-corrected chi connectivity index (χ0v) is 12.7. The maximum atomic E-state index is 11.6. The third kappa shape index (κ3) is 3.80. The van der Waals surface area contributed by atoms with Crippen LogP contribution in [0, 0.1) is 22.0 Å². The number of nitrogens with zero attached hydrogens (tertiary/aromatic N) is 1. The van der Waals surface area contributed by atoms with Gasteiger partial charge in [0.1, 0.15) is 5.75 Å². The zero-order valence-electron chi connectivity index (χ0n) is 12.7. The summed E-state index contributed by atoms with van der Waals surface area (Å²) in [6.07, 6.45) is 3.29. The molecule has 0 radical (unpaired) electrons. The zero-order chi connectivity index (χ0) is 15.6. The van der Waals surface area contributed by atoms with Crippen molar-refractivity contribution in [2.24, 2.45) is 11.8 Å². The van der Waals surface area contributed by atoms with E-state index in [1.54, 1.807) is 6.07 Å². The second kappa shape index (κ2) is 6.24. The van der Waals surface area contributed by atoms with Crippen molar-refractivity contribution >= 4 is 11.5 Å². The highest BCUT2D eigenvalue weighted by molar-refractivity contribution is 5.98. The molecule has 0 aliphatic heterocycles. The molecule has 0 aromatic heterocycles. The van der Waals surface area contributed by atoms with Gasteiger partial charge in [-0.2, -0.15) is 0 Å². The molecular weight excluding hydrogens is 270 g/mol. The number of nitro groups is 1. The number of hydrogen-bond acceptors (Lipinski definition) is 4. The number of ketones is 1. The number of rotatable bonds is 4. The Balaban J connectivity index is 2.19. The van der Waals surface area contributed by atoms with Crippen LogP contribution in [0.5, 0.6) is 5.75 Å². The van der Waals surface area contributed by atoms with E-state index in [1.807, 2.05) is 0 Å². The van der Waals surface area contributed by atoms with Crippen LogP contribution < -0.4 is 4.74 Å². The third-order valence-electron chi connectivity index (χ3n) is 3.98. The lowest BCUT2D eigenvalue weighted by Gasteiger charge is -2.31. The molecule has 2 unspecified atom stereocenters. The Labute approximate surface area is 124 Å². The Kier molecular flexibility index (Phi) is 4.60. The average Bonchev–Trinajstić information content (AvgIpc) is 2.36. The van der Waals surface area contributed by atoms with E-state index < -0.39 is 4.92 Å². The van der Waals surface area contributed by atoms with Crippen LogP contribution in [0.4, 0.5) is 5.69 Å². The van der Waals surface area contributed by atoms with E-state index in [9.17, 15) is 14.9 Å². The van der Waals surface area contributed by atoms with Crippen LogP contribution in [0.2, 0.25) is 0 Å². The highest BCUT2D eigenvalue weighted by Crippen LogP contribution is 2.32. The maximum absolute atomic E-state index is 11.6. The summed E-state index contributed by atoms with van der Waals surface area (Å²) in [7, 11) is 0. The molecule has 0 heterocycles. The fourth-order valence-corrected chi connectivity index (χ4v) is 3.19. The second-order valence-electron chi connectivity index (χ2n) is 6.15. The molecule has 0 bridgehead atoms. The van der Waals surface area contributed by atoms with Gasteiger partial charge < -0.3 is 4.74 Å². The summed E-state index contributed by atoms with van der Waals surface area (Å²) in [4.78, 5) is 21.9. The molecule has 1 aliphatic carbocycles. The molecule has 5 nitrogen and oxygen atoms in total. The van der Waals surface area contributed by atoms with E-state index in [0.29, 0.717) is 17.6 Å². The van der Waals surface area contributed by atoms with Crippen LogP contribution in [0.1, 0.15) is 50.4 Å². The number of nitro benzene ring substituents is 1. The number of carbonyl (C=O) groups is 1. The largest absolute Gasteiger partial charge is 0.490 e. The smallest absolute Gasteiger partial charge is 0.280 e. The van der Waals surface area contributed by atoms with Crippen LogP contribution in [-0.4, -0.2) is 16.8 Å². The molecule has 2 rings (SSSR count). The Hall–Kier alpha value is -1.91. The quantitative estimate of drug-likeness (QED) is 0.477. The number of ether oxygens (including phenoxy) is 1. The fourth-order valence-electron chi connectivity index (χ4n) is 3.19. The van der Waals surface area contributed by atoms with Crippen molar-refractivity contribution in [3.63, 3.8) is 0 Å². The SMILES string of the molecule is CC(=O)c1cc(OC2CC(C)CC(C)C2)ccc1[N+](=O)[O-]. The summed E-state index contributed by atoms with van der Waals surface area (Å²) < 4.78 is 5.95. The van der Waals surface area contributed by atoms with Crippen LogP contribution >= 0.6 is 0 Å². The van der Waals surface area contributed by atoms with Gasteiger partial charge in [-0.25, -0.2) is 0 Å². The predicted octanol–water partition coefficient (Wildman–Crippen LogP) is 4.00. The van der Waals surface area contributed by atoms with E-state index in [1.165, 1.54) is 25.5 Å². The first kappa shape index (κ1) is 15.5. The molecular formula is C16H21NO4. The lowest BCUT2D eigenvalue weighted by atomic mass is 9.82. The monoisotopic (exact) mass is 291 g/mol. The molecule has 0 N–H and O–H groups in total. The van der Waals surface area contributed by atoms with Gasteiger partial charge in [0.15, 0.2) is 5.78 Å². The molecule has 114 valence electrons. The summed E-state index contributed by atoms with van der Waals surface area (Å²) in [6, 6.07) is 4.42. The maximum Gasteiger partial charge on any atom is 0.280 e. The standard InChI is InChI=1S/C16H21NO4/c1-10-6-11(2)8-14(7-10)21-13-4-5-16(17(19)20)15(9-13)12(3)18/h4-5,9-11,14H,6-8H2,1-3H3. The van der Waals surface area contributed by atoms with Gasteiger partial charge in [-0.1, -0.05) is 13.8 Å². The van der Waals surface area contributed by atoms with Gasteiger partial charge in [-0.15, -0.1) is 0 Å². The Morgan fingerprint density at radius 3 is 2.38 bits per heavy atom. The highest BCUT2D eigenvalue weighted by atomic mass is 16.6. The van der Waals surface area contributed by atoms with Crippen molar-refractivity contribution in [1.29, 1.82) is 0 Å². The molecule has 5 heteroatoms. The Bertz CT molecular complexity index is 545. The summed E-state index contributed by atoms with van der Waals surface area (Å²) in [5.74, 6) is 1.45. The molecule has 1 fully saturated rings. The summed E-state index contributed by atoms with van der Waals surface area (Å²) in [6.45, 7) is 5.75. The molecule has 1 aliphatic rings. The summed E-state index contributed by atoms with van der Waals surface area (Å²) in [5.41, 5.74) is -0.0605. The molecule has 0 spiro atoms. The number of Topliss-reactive ketones (excluding diaryl/α,β-unsaturated/α-hetero) is 1. The van der Waals surface area contributed by atoms with Crippen molar-refractivity contribution in [3.8, 4) is 5.75 Å². The molecule has 1 saturated carbocycles. The molecule has 21 heavy (non-hydrogen) atoms. The van der Waals surface area contributed by atoms with Crippen molar-refractivity contribution in [3.05, 3.63) is 33.9 Å². The van der Waals surface area contributed by atoms with Gasteiger partial charge in [0, 0.05) is 6.07 Å². The Morgan fingerprint density at radius 1 is 1.24 bits per heavy atom. The number of benzene rings is 1. The van der Waals surface area contributed by atoms with Crippen molar-refractivity contribution in [2.45, 2.75) is 46.1 Å². The van der Waals surface area contributed by atoms with E-state index in [0.717, 1.165) is 12.8 Å². The fraction of sp³-hybridized carbons (Fsp3) is 0.562. The van der Waals surface area contributed by atoms with Gasteiger partial charge in [-0.05, 0) is 50.2 Å². The first-order valence-corrected chi connectivity index (χ1v) is 7.32. The normalized spacial score (nSPS) is 25.4. The molecule has 1 aromatic rings. The summed E-state index contributed by atoms with van der Waals surface area (Å²) >= 11 is 0. The first-order valence-electron chi connectivity index (χ1n) is 7.32. The first-order chi connectivity index (χ1) is 9.86. The van der Waals surface area contributed by atoms with Crippen LogP contribution in [0.25, 0.3) is 0 Å². The summed E-state index contributed by atoms with van der Waals surface area (Å²) in [5, 5.41) is 10.9.